The van der Waals surface area contributed by atoms with Crippen LogP contribution in [0.1, 0.15) is 21.5 Å². The minimum atomic E-state index is -4.64. The maximum absolute atomic E-state index is 13.3. The third kappa shape index (κ3) is 6.50. The lowest BCUT2D eigenvalue weighted by Gasteiger charge is -2.34. The lowest BCUT2D eigenvalue weighted by molar-refractivity contribution is -0.136. The fourth-order valence-electron chi connectivity index (χ4n) is 4.59. The van der Waals surface area contributed by atoms with Gasteiger partial charge in [0.15, 0.2) is 5.82 Å². The quantitative estimate of drug-likeness (QED) is 0.261. The number of piperazine rings is 1. The highest BCUT2D eigenvalue weighted by Gasteiger charge is 2.33. The van der Waals surface area contributed by atoms with Gasteiger partial charge in [0.05, 0.1) is 18.4 Å². The Bertz CT molecular complexity index is 1590. The second kappa shape index (κ2) is 12.1. The van der Waals surface area contributed by atoms with E-state index < -0.39 is 23.3 Å². The zero-order valence-electron chi connectivity index (χ0n) is 23.1. The van der Waals surface area contributed by atoms with Crippen LogP contribution in [0.25, 0.3) is 11.0 Å². The van der Waals surface area contributed by atoms with Gasteiger partial charge in [0.25, 0.3) is 5.91 Å². The standard InChI is InChI=1S/C28H30F3N9O2/c1-17-3-4-18(26(41)36-19-5-6-21(32)20(14-19)28(29,30)31)13-22(17)37-25-24-23(34-16-35-25)15-33-27(38-24)40-9-7-39(8-10-40)11-12-42-2/h3-6,13-16H,7-12,32H2,1-2H3,(H,36,41)(H,34,35,37). The third-order valence-electron chi connectivity index (χ3n) is 7.00. The number of nitrogen functional groups attached to an aromatic ring is 1. The van der Waals surface area contributed by atoms with Gasteiger partial charge in [-0.15, -0.1) is 0 Å². The first-order valence-electron chi connectivity index (χ1n) is 13.2. The van der Waals surface area contributed by atoms with E-state index in [-0.39, 0.29) is 11.3 Å². The van der Waals surface area contributed by atoms with E-state index in [1.165, 1.54) is 12.4 Å². The summed E-state index contributed by atoms with van der Waals surface area (Å²) in [6, 6.07) is 8.15. The molecule has 14 heteroatoms. The van der Waals surface area contributed by atoms with Gasteiger partial charge in [0, 0.05) is 62.5 Å². The van der Waals surface area contributed by atoms with E-state index in [4.69, 9.17) is 15.5 Å². The van der Waals surface area contributed by atoms with Crippen LogP contribution >= 0.6 is 0 Å². The molecule has 1 aliphatic rings. The summed E-state index contributed by atoms with van der Waals surface area (Å²) >= 11 is 0. The van der Waals surface area contributed by atoms with Crippen molar-refractivity contribution in [3.8, 4) is 0 Å². The molecule has 1 aliphatic heterocycles. The molecule has 0 bridgehead atoms. The Balaban J connectivity index is 1.35. The first-order chi connectivity index (χ1) is 20.1. The molecule has 220 valence electrons. The number of aromatic nitrogens is 4. The van der Waals surface area contributed by atoms with Crippen LogP contribution < -0.4 is 21.3 Å². The van der Waals surface area contributed by atoms with Crippen molar-refractivity contribution in [3.05, 3.63) is 65.6 Å². The first kappa shape index (κ1) is 29.0. The third-order valence-corrected chi connectivity index (χ3v) is 7.00. The van der Waals surface area contributed by atoms with Crippen LogP contribution in [0.2, 0.25) is 0 Å². The number of alkyl halides is 3. The van der Waals surface area contributed by atoms with Gasteiger partial charge in [-0.25, -0.2) is 19.9 Å². The molecular formula is C28H30F3N9O2. The number of fused-ring (bicyclic) bond motifs is 1. The van der Waals surface area contributed by atoms with E-state index in [9.17, 15) is 18.0 Å². The Labute approximate surface area is 239 Å². The molecule has 0 radical (unpaired) electrons. The second-order valence-electron chi connectivity index (χ2n) is 9.86. The van der Waals surface area contributed by atoms with Crippen molar-refractivity contribution in [3.63, 3.8) is 0 Å². The zero-order chi connectivity index (χ0) is 29.9. The summed E-state index contributed by atoms with van der Waals surface area (Å²) in [5.74, 6) is 0.410. The normalized spacial score (nSPS) is 14.3. The van der Waals surface area contributed by atoms with Crippen molar-refractivity contribution < 1.29 is 22.7 Å². The molecule has 2 aromatic carbocycles. The van der Waals surface area contributed by atoms with Gasteiger partial charge < -0.3 is 26.0 Å². The topological polar surface area (TPSA) is 134 Å². The van der Waals surface area contributed by atoms with Gasteiger partial charge in [0.1, 0.15) is 17.4 Å². The molecule has 1 fully saturated rings. The number of hydrogen-bond donors (Lipinski definition) is 3. The molecule has 0 saturated carbocycles. The van der Waals surface area contributed by atoms with Crippen molar-refractivity contribution in [1.82, 2.24) is 24.8 Å². The number of amides is 1. The summed E-state index contributed by atoms with van der Waals surface area (Å²) in [6.07, 6.45) is -1.60. The minimum absolute atomic E-state index is 0.0258. The van der Waals surface area contributed by atoms with E-state index in [1.807, 2.05) is 6.92 Å². The maximum Gasteiger partial charge on any atom is 0.418 e. The average molecular weight is 582 g/mol. The number of rotatable bonds is 8. The van der Waals surface area contributed by atoms with E-state index in [0.29, 0.717) is 35.1 Å². The van der Waals surface area contributed by atoms with Crippen molar-refractivity contribution in [2.24, 2.45) is 0 Å². The molecule has 0 spiro atoms. The highest BCUT2D eigenvalue weighted by Crippen LogP contribution is 2.35. The highest BCUT2D eigenvalue weighted by molar-refractivity contribution is 6.05. The summed E-state index contributed by atoms with van der Waals surface area (Å²) in [5, 5.41) is 5.76. The molecule has 0 aliphatic carbocycles. The number of carbonyl (C=O) groups excluding carboxylic acids is 1. The number of nitrogens with two attached hydrogens (primary N) is 1. The molecule has 2 aromatic heterocycles. The molecule has 1 saturated heterocycles. The Morgan fingerprint density at radius 1 is 1.07 bits per heavy atom. The minimum Gasteiger partial charge on any atom is -0.398 e. The van der Waals surface area contributed by atoms with E-state index >= 15 is 0 Å². The first-order valence-corrected chi connectivity index (χ1v) is 13.2. The van der Waals surface area contributed by atoms with Crippen LogP contribution in [-0.4, -0.2) is 77.2 Å². The van der Waals surface area contributed by atoms with Crippen LogP contribution in [-0.2, 0) is 10.9 Å². The molecule has 1 amide bonds. The number of methoxy groups -OCH3 is 1. The Morgan fingerprint density at radius 3 is 2.60 bits per heavy atom. The van der Waals surface area contributed by atoms with Crippen LogP contribution in [0.3, 0.4) is 0 Å². The Morgan fingerprint density at radius 2 is 1.86 bits per heavy atom. The average Bonchev–Trinajstić information content (AvgIpc) is 2.97. The summed E-state index contributed by atoms with van der Waals surface area (Å²) in [7, 11) is 1.69. The van der Waals surface area contributed by atoms with Gasteiger partial charge in [-0.05, 0) is 42.8 Å². The maximum atomic E-state index is 13.3. The Hall–Kier alpha value is -4.56. The summed E-state index contributed by atoms with van der Waals surface area (Å²) in [4.78, 5) is 35.4. The zero-order valence-corrected chi connectivity index (χ0v) is 23.1. The van der Waals surface area contributed by atoms with Gasteiger partial charge in [0.2, 0.25) is 5.95 Å². The molecule has 0 unspecified atom stereocenters. The van der Waals surface area contributed by atoms with Crippen LogP contribution in [0, 0.1) is 6.92 Å². The van der Waals surface area contributed by atoms with E-state index in [0.717, 1.165) is 50.4 Å². The van der Waals surface area contributed by atoms with Gasteiger partial charge in [-0.2, -0.15) is 13.2 Å². The molecule has 4 N–H and O–H groups in total. The number of hydrogen-bond acceptors (Lipinski definition) is 10. The van der Waals surface area contributed by atoms with Gasteiger partial charge in [-0.3, -0.25) is 9.69 Å². The van der Waals surface area contributed by atoms with Crippen molar-refractivity contribution in [1.29, 1.82) is 0 Å². The molecule has 3 heterocycles. The molecule has 4 aromatic rings. The molecular weight excluding hydrogens is 551 g/mol. The monoisotopic (exact) mass is 581 g/mol. The van der Waals surface area contributed by atoms with Crippen LogP contribution in [0.5, 0.6) is 0 Å². The number of benzene rings is 2. The number of anilines is 5. The Kier molecular flexibility index (Phi) is 8.36. The number of ether oxygens (including phenoxy) is 1. The summed E-state index contributed by atoms with van der Waals surface area (Å²) in [6.45, 7) is 6.66. The molecule has 0 atom stereocenters. The predicted octanol–water partition coefficient (Wildman–Crippen LogP) is 4.09. The number of halogens is 3. The number of carbonyl (C=O) groups is 1. The number of nitrogens with one attached hydrogen (secondary N) is 2. The number of aryl methyl sites for hydroxylation is 1. The number of nitrogens with zero attached hydrogens (tertiary/aromatic N) is 6. The van der Waals surface area contributed by atoms with Gasteiger partial charge >= 0.3 is 6.18 Å². The largest absolute Gasteiger partial charge is 0.418 e. The van der Waals surface area contributed by atoms with Gasteiger partial charge in [-0.1, -0.05) is 6.07 Å². The van der Waals surface area contributed by atoms with Crippen LogP contribution in [0.4, 0.5) is 42.0 Å². The van der Waals surface area contributed by atoms with E-state index in [1.54, 1.807) is 31.5 Å². The highest BCUT2D eigenvalue weighted by atomic mass is 19.4. The molecule has 5 rings (SSSR count). The molecule has 42 heavy (non-hydrogen) atoms. The van der Waals surface area contributed by atoms with Crippen molar-refractivity contribution >= 4 is 45.8 Å². The smallest absolute Gasteiger partial charge is 0.398 e. The second-order valence-corrected chi connectivity index (χ2v) is 9.86. The lowest BCUT2D eigenvalue weighted by atomic mass is 10.1. The van der Waals surface area contributed by atoms with E-state index in [2.05, 4.69) is 35.4 Å². The van der Waals surface area contributed by atoms with Crippen LogP contribution in [0.15, 0.2) is 48.9 Å². The fourth-order valence-corrected chi connectivity index (χ4v) is 4.59. The molecule has 11 nitrogen and oxygen atoms in total. The van der Waals surface area contributed by atoms with Crippen molar-refractivity contribution in [2.45, 2.75) is 13.1 Å². The van der Waals surface area contributed by atoms with Crippen molar-refractivity contribution in [2.75, 3.05) is 67.7 Å². The predicted molar refractivity (Wildman–Crippen MR) is 154 cm³/mol. The SMILES string of the molecule is COCCN1CCN(c2ncc3ncnc(Nc4cc(C(=O)Nc5ccc(N)c(C(F)(F)F)c5)ccc4C)c3n2)CC1. The fraction of sp³-hybridized carbons (Fsp3) is 0.321. The summed E-state index contributed by atoms with van der Waals surface area (Å²) in [5.41, 5.74) is 6.68. The summed E-state index contributed by atoms with van der Waals surface area (Å²) < 4.78 is 45.0. The lowest BCUT2D eigenvalue weighted by Crippen LogP contribution is -2.47.